The quantitative estimate of drug-likeness (QED) is 0.455. The van der Waals surface area contributed by atoms with Crippen molar-refractivity contribution >= 4 is 28.5 Å². The minimum absolute atomic E-state index is 0.282. The summed E-state index contributed by atoms with van der Waals surface area (Å²) in [4.78, 5) is 30.0. The zero-order chi connectivity index (χ0) is 21.8. The van der Waals surface area contributed by atoms with Crippen LogP contribution in [0.15, 0.2) is 84.9 Å². The van der Waals surface area contributed by atoms with Crippen molar-refractivity contribution < 1.29 is 18.7 Å². The van der Waals surface area contributed by atoms with E-state index in [1.165, 1.54) is 19.1 Å². The van der Waals surface area contributed by atoms with Gasteiger partial charge in [-0.2, -0.15) is 0 Å². The minimum Gasteiger partial charge on any atom is -0.449 e. The van der Waals surface area contributed by atoms with E-state index < -0.39 is 18.0 Å². The van der Waals surface area contributed by atoms with Crippen molar-refractivity contribution in [2.45, 2.75) is 13.0 Å². The number of carbonyl (C=O) groups is 2. The molecule has 0 radical (unpaired) electrons. The van der Waals surface area contributed by atoms with Crippen molar-refractivity contribution in [2.75, 3.05) is 5.32 Å². The lowest BCUT2D eigenvalue weighted by Gasteiger charge is -2.15. The summed E-state index contributed by atoms with van der Waals surface area (Å²) in [6.07, 6.45) is -1.01. The van der Waals surface area contributed by atoms with Crippen molar-refractivity contribution in [3.8, 4) is 11.3 Å². The van der Waals surface area contributed by atoms with E-state index in [1.807, 2.05) is 12.1 Å². The van der Waals surface area contributed by atoms with Crippen LogP contribution in [0.25, 0.3) is 22.2 Å². The summed E-state index contributed by atoms with van der Waals surface area (Å²) in [7, 11) is 0. The molecule has 5 nitrogen and oxygen atoms in total. The molecular formula is C25H19FN2O3. The molecule has 1 aromatic heterocycles. The van der Waals surface area contributed by atoms with Gasteiger partial charge in [-0.05, 0) is 55.5 Å². The monoisotopic (exact) mass is 414 g/mol. The molecule has 154 valence electrons. The van der Waals surface area contributed by atoms with Crippen LogP contribution in [0.4, 0.5) is 10.1 Å². The number of ether oxygens (including phenoxy) is 1. The van der Waals surface area contributed by atoms with Gasteiger partial charge in [-0.15, -0.1) is 0 Å². The first-order valence-electron chi connectivity index (χ1n) is 9.74. The van der Waals surface area contributed by atoms with Gasteiger partial charge in [0.25, 0.3) is 5.91 Å². The molecule has 31 heavy (non-hydrogen) atoms. The fourth-order valence-corrected chi connectivity index (χ4v) is 3.16. The Morgan fingerprint density at radius 3 is 2.35 bits per heavy atom. The van der Waals surface area contributed by atoms with Gasteiger partial charge in [-0.1, -0.05) is 36.4 Å². The molecule has 1 heterocycles. The third-order valence-corrected chi connectivity index (χ3v) is 4.77. The van der Waals surface area contributed by atoms with E-state index in [2.05, 4.69) is 10.3 Å². The zero-order valence-electron chi connectivity index (χ0n) is 16.7. The maximum Gasteiger partial charge on any atom is 0.339 e. The molecule has 1 atom stereocenters. The maximum absolute atomic E-state index is 13.3. The van der Waals surface area contributed by atoms with E-state index in [-0.39, 0.29) is 11.4 Å². The number of nitrogens with zero attached hydrogens (tertiary/aromatic N) is 1. The average molecular weight is 414 g/mol. The van der Waals surface area contributed by atoms with E-state index in [0.717, 1.165) is 0 Å². The maximum atomic E-state index is 13.3. The number of aromatic nitrogens is 1. The SMILES string of the molecule is C[C@H](OC(=O)c1cc(-c2ccc(F)cc2)nc2ccccc12)C(=O)Nc1ccccc1. The zero-order valence-corrected chi connectivity index (χ0v) is 16.7. The highest BCUT2D eigenvalue weighted by molar-refractivity contribution is 6.06. The molecular weight excluding hydrogens is 395 g/mol. The van der Waals surface area contributed by atoms with Gasteiger partial charge in [-0.3, -0.25) is 4.79 Å². The number of esters is 1. The Morgan fingerprint density at radius 1 is 0.935 bits per heavy atom. The van der Waals surface area contributed by atoms with Crippen LogP contribution in [0.2, 0.25) is 0 Å². The van der Waals surface area contributed by atoms with Gasteiger partial charge in [0.2, 0.25) is 0 Å². The number of nitrogens with one attached hydrogen (secondary N) is 1. The van der Waals surface area contributed by atoms with E-state index in [1.54, 1.807) is 60.7 Å². The molecule has 0 saturated heterocycles. The molecule has 0 spiro atoms. The van der Waals surface area contributed by atoms with E-state index in [9.17, 15) is 14.0 Å². The van der Waals surface area contributed by atoms with Crippen molar-refractivity contribution in [1.82, 2.24) is 4.98 Å². The second kappa shape index (κ2) is 8.75. The Morgan fingerprint density at radius 2 is 1.61 bits per heavy atom. The number of anilines is 1. The van der Waals surface area contributed by atoms with Crippen molar-refractivity contribution in [3.05, 3.63) is 96.3 Å². The third kappa shape index (κ3) is 4.59. The summed E-state index contributed by atoms with van der Waals surface area (Å²) >= 11 is 0. The Labute approximate surface area is 178 Å². The van der Waals surface area contributed by atoms with Crippen LogP contribution < -0.4 is 5.32 Å². The highest BCUT2D eigenvalue weighted by Gasteiger charge is 2.21. The summed E-state index contributed by atoms with van der Waals surface area (Å²) < 4.78 is 18.8. The topological polar surface area (TPSA) is 68.3 Å². The minimum atomic E-state index is -1.01. The first kappa shape index (κ1) is 20.2. The number of carbonyl (C=O) groups excluding carboxylic acids is 2. The van der Waals surface area contributed by atoms with Gasteiger partial charge in [0.15, 0.2) is 6.10 Å². The van der Waals surface area contributed by atoms with Gasteiger partial charge in [-0.25, -0.2) is 14.2 Å². The second-order valence-electron chi connectivity index (χ2n) is 6.98. The molecule has 1 amide bonds. The summed E-state index contributed by atoms with van der Waals surface area (Å²) in [5.41, 5.74) is 2.66. The molecule has 4 aromatic rings. The van der Waals surface area contributed by atoms with E-state index >= 15 is 0 Å². The summed E-state index contributed by atoms with van der Waals surface area (Å²) in [6, 6.07) is 23.5. The van der Waals surface area contributed by atoms with Crippen LogP contribution in [0.3, 0.4) is 0 Å². The normalized spacial score (nSPS) is 11.7. The Hall–Kier alpha value is -4.06. The molecule has 0 saturated carbocycles. The fourth-order valence-electron chi connectivity index (χ4n) is 3.16. The van der Waals surface area contributed by atoms with Crippen molar-refractivity contribution in [3.63, 3.8) is 0 Å². The standard InChI is InChI=1S/C25H19FN2O3/c1-16(24(29)27-19-7-3-2-4-8-19)31-25(30)21-15-23(17-11-13-18(26)14-12-17)28-22-10-6-5-9-20(21)22/h2-16H,1H3,(H,27,29)/t16-/m0/s1. The lowest BCUT2D eigenvalue weighted by Crippen LogP contribution is -2.30. The van der Waals surface area contributed by atoms with Gasteiger partial charge in [0.05, 0.1) is 16.8 Å². The molecule has 4 rings (SSSR count). The Bertz CT molecular complexity index is 1240. The largest absolute Gasteiger partial charge is 0.449 e. The Balaban J connectivity index is 1.62. The smallest absolute Gasteiger partial charge is 0.339 e. The summed E-state index contributed by atoms with van der Waals surface area (Å²) in [5.74, 6) is -1.43. The molecule has 3 aromatic carbocycles. The predicted octanol–water partition coefficient (Wildman–Crippen LogP) is 5.22. The van der Waals surface area contributed by atoms with Gasteiger partial charge < -0.3 is 10.1 Å². The molecule has 0 fully saturated rings. The first-order valence-corrected chi connectivity index (χ1v) is 9.74. The first-order chi connectivity index (χ1) is 15.0. The lowest BCUT2D eigenvalue weighted by atomic mass is 10.0. The highest BCUT2D eigenvalue weighted by Crippen LogP contribution is 2.26. The summed E-state index contributed by atoms with van der Waals surface area (Å²) in [5, 5.41) is 3.32. The number of para-hydroxylation sites is 2. The van der Waals surface area contributed by atoms with Crippen molar-refractivity contribution in [1.29, 1.82) is 0 Å². The molecule has 1 N–H and O–H groups in total. The molecule has 0 aliphatic rings. The van der Waals surface area contributed by atoms with Gasteiger partial charge >= 0.3 is 5.97 Å². The lowest BCUT2D eigenvalue weighted by molar-refractivity contribution is -0.123. The number of fused-ring (bicyclic) bond motifs is 1. The molecule has 0 bridgehead atoms. The van der Waals surface area contributed by atoms with Gasteiger partial charge in [0, 0.05) is 16.6 Å². The average Bonchev–Trinajstić information content (AvgIpc) is 2.79. The highest BCUT2D eigenvalue weighted by atomic mass is 19.1. The van der Waals surface area contributed by atoms with Crippen LogP contribution in [-0.2, 0) is 9.53 Å². The number of benzene rings is 3. The molecule has 0 aliphatic carbocycles. The van der Waals surface area contributed by atoms with Crippen LogP contribution in [0.5, 0.6) is 0 Å². The number of hydrogen-bond acceptors (Lipinski definition) is 4. The fraction of sp³-hybridized carbons (Fsp3) is 0.0800. The van der Waals surface area contributed by atoms with Crippen LogP contribution in [0.1, 0.15) is 17.3 Å². The van der Waals surface area contributed by atoms with Crippen molar-refractivity contribution in [2.24, 2.45) is 0 Å². The van der Waals surface area contributed by atoms with Crippen LogP contribution >= 0.6 is 0 Å². The number of hydrogen-bond donors (Lipinski definition) is 1. The van der Waals surface area contributed by atoms with E-state index in [4.69, 9.17) is 4.74 Å². The summed E-state index contributed by atoms with van der Waals surface area (Å²) in [6.45, 7) is 1.51. The number of amides is 1. The third-order valence-electron chi connectivity index (χ3n) is 4.77. The molecule has 0 aliphatic heterocycles. The second-order valence-corrected chi connectivity index (χ2v) is 6.98. The van der Waals surface area contributed by atoms with Gasteiger partial charge in [0.1, 0.15) is 5.82 Å². The predicted molar refractivity (Wildman–Crippen MR) is 117 cm³/mol. The number of halogens is 1. The molecule has 0 unspecified atom stereocenters. The van der Waals surface area contributed by atoms with E-state index in [0.29, 0.717) is 27.8 Å². The van der Waals surface area contributed by atoms with Crippen LogP contribution in [0, 0.1) is 5.82 Å². The Kier molecular flexibility index (Phi) is 5.71. The van der Waals surface area contributed by atoms with Crippen LogP contribution in [-0.4, -0.2) is 23.0 Å². The number of rotatable bonds is 5. The molecule has 6 heteroatoms. The number of pyridine rings is 1.